The van der Waals surface area contributed by atoms with Gasteiger partial charge < -0.3 is 9.74 Å². The Kier molecular flexibility index (Phi) is 6.19. The molecule has 0 spiro atoms. The van der Waals surface area contributed by atoms with Crippen molar-refractivity contribution in [1.82, 2.24) is 4.90 Å². The minimum absolute atomic E-state index is 0.117. The van der Waals surface area contributed by atoms with Gasteiger partial charge in [0.2, 0.25) is 5.91 Å². The minimum Gasteiger partial charge on any atom is -0.390 e. The van der Waals surface area contributed by atoms with Gasteiger partial charge in [-0.15, -0.1) is 0 Å². The molecule has 29 heavy (non-hydrogen) atoms. The summed E-state index contributed by atoms with van der Waals surface area (Å²) in [6.07, 6.45) is 4.86. The third kappa shape index (κ3) is 4.81. The summed E-state index contributed by atoms with van der Waals surface area (Å²) in [5.41, 5.74) is 4.32. The fourth-order valence-electron chi connectivity index (χ4n) is 4.35. The standard InChI is InChI=1S/C24H27ClN2O2/c1-17-7-2-5-12-22(17)23-14-21(29-26-23)16-27(24(28)19-9-3-4-10-19)15-18-8-6-11-20(25)13-18/h2,5-8,11-13,19,21H,3-4,9-10,14-16H2,1H3. The molecule has 0 aromatic heterocycles. The van der Waals surface area contributed by atoms with Gasteiger partial charge in [0.1, 0.15) is 0 Å². The summed E-state index contributed by atoms with van der Waals surface area (Å²) >= 11 is 6.16. The Morgan fingerprint density at radius 2 is 1.97 bits per heavy atom. The second-order valence-corrected chi connectivity index (χ2v) is 8.55. The second-order valence-electron chi connectivity index (χ2n) is 8.11. The highest BCUT2D eigenvalue weighted by atomic mass is 35.5. The molecule has 1 unspecified atom stereocenters. The van der Waals surface area contributed by atoms with Crippen molar-refractivity contribution in [2.24, 2.45) is 11.1 Å². The van der Waals surface area contributed by atoms with Gasteiger partial charge in [-0.2, -0.15) is 0 Å². The first kappa shape index (κ1) is 20.0. The van der Waals surface area contributed by atoms with E-state index in [4.69, 9.17) is 16.4 Å². The number of nitrogens with zero attached hydrogens (tertiary/aromatic N) is 2. The van der Waals surface area contributed by atoms with Gasteiger partial charge in [0, 0.05) is 29.5 Å². The summed E-state index contributed by atoms with van der Waals surface area (Å²) in [5, 5.41) is 5.03. The molecule has 2 aromatic rings. The van der Waals surface area contributed by atoms with Crippen molar-refractivity contribution in [2.45, 2.75) is 51.7 Å². The lowest BCUT2D eigenvalue weighted by Gasteiger charge is -2.27. The van der Waals surface area contributed by atoms with Crippen LogP contribution in [0.25, 0.3) is 0 Å². The molecular formula is C24H27ClN2O2. The Morgan fingerprint density at radius 1 is 1.17 bits per heavy atom. The average molecular weight is 411 g/mol. The van der Waals surface area contributed by atoms with E-state index in [1.807, 2.05) is 41.3 Å². The minimum atomic E-state index is -0.117. The molecule has 1 heterocycles. The zero-order valence-electron chi connectivity index (χ0n) is 16.8. The smallest absolute Gasteiger partial charge is 0.226 e. The molecule has 0 saturated heterocycles. The lowest BCUT2D eigenvalue weighted by molar-refractivity contribution is -0.137. The SMILES string of the molecule is Cc1ccccc1C1=NOC(CN(Cc2cccc(Cl)c2)C(=O)C2CCCC2)C1. The van der Waals surface area contributed by atoms with Crippen molar-refractivity contribution in [3.05, 3.63) is 70.2 Å². The maximum atomic E-state index is 13.2. The van der Waals surface area contributed by atoms with E-state index in [2.05, 4.69) is 24.2 Å². The summed E-state index contributed by atoms with van der Waals surface area (Å²) in [7, 11) is 0. The average Bonchev–Trinajstić information content (AvgIpc) is 3.40. The van der Waals surface area contributed by atoms with E-state index in [1.54, 1.807) is 0 Å². The predicted molar refractivity (Wildman–Crippen MR) is 116 cm³/mol. The molecule has 1 aliphatic carbocycles. The zero-order chi connectivity index (χ0) is 20.2. The molecule has 1 aliphatic heterocycles. The second kappa shape index (κ2) is 9.00. The predicted octanol–water partition coefficient (Wildman–Crippen LogP) is 5.36. The van der Waals surface area contributed by atoms with Gasteiger partial charge in [0.25, 0.3) is 0 Å². The number of halogens is 1. The molecule has 152 valence electrons. The van der Waals surface area contributed by atoms with Crippen LogP contribution in [0.4, 0.5) is 0 Å². The number of hydrogen-bond acceptors (Lipinski definition) is 3. The third-order valence-corrected chi connectivity index (χ3v) is 6.13. The summed E-state index contributed by atoms with van der Waals surface area (Å²) in [6, 6.07) is 15.9. The number of oxime groups is 1. The number of benzene rings is 2. The number of amides is 1. The Morgan fingerprint density at radius 3 is 2.72 bits per heavy atom. The van der Waals surface area contributed by atoms with E-state index in [0.29, 0.717) is 18.1 Å². The van der Waals surface area contributed by atoms with E-state index in [-0.39, 0.29) is 17.9 Å². The number of rotatable bonds is 6. The van der Waals surface area contributed by atoms with Gasteiger partial charge in [-0.05, 0) is 43.0 Å². The van der Waals surface area contributed by atoms with Crippen LogP contribution >= 0.6 is 11.6 Å². The van der Waals surface area contributed by atoms with Crippen LogP contribution in [-0.4, -0.2) is 29.2 Å². The Bertz CT molecular complexity index is 905. The van der Waals surface area contributed by atoms with Gasteiger partial charge in [0.15, 0.2) is 6.10 Å². The lowest BCUT2D eigenvalue weighted by Crippen LogP contribution is -2.40. The van der Waals surface area contributed by atoms with Crippen molar-refractivity contribution < 1.29 is 9.63 Å². The normalized spacial score (nSPS) is 19.1. The highest BCUT2D eigenvalue weighted by Crippen LogP contribution is 2.28. The van der Waals surface area contributed by atoms with Crippen molar-refractivity contribution in [1.29, 1.82) is 0 Å². The largest absolute Gasteiger partial charge is 0.390 e. The van der Waals surface area contributed by atoms with Crippen molar-refractivity contribution >= 4 is 23.2 Å². The van der Waals surface area contributed by atoms with Gasteiger partial charge in [-0.25, -0.2) is 0 Å². The first-order valence-corrected chi connectivity index (χ1v) is 10.8. The Labute approximate surface area is 177 Å². The summed E-state index contributed by atoms with van der Waals surface area (Å²) < 4.78 is 0. The van der Waals surface area contributed by atoms with E-state index >= 15 is 0 Å². The highest BCUT2D eigenvalue weighted by molar-refractivity contribution is 6.30. The number of carbonyl (C=O) groups is 1. The van der Waals surface area contributed by atoms with E-state index in [1.165, 1.54) is 5.56 Å². The molecule has 0 bridgehead atoms. The number of hydrogen-bond donors (Lipinski definition) is 0. The molecule has 4 nitrogen and oxygen atoms in total. The van der Waals surface area contributed by atoms with Crippen LogP contribution < -0.4 is 0 Å². The summed E-state index contributed by atoms with van der Waals surface area (Å²) in [5.74, 6) is 0.364. The maximum Gasteiger partial charge on any atom is 0.226 e. The molecule has 1 saturated carbocycles. The van der Waals surface area contributed by atoms with Crippen LogP contribution in [0.1, 0.15) is 48.8 Å². The number of aryl methyl sites for hydroxylation is 1. The maximum absolute atomic E-state index is 13.2. The van der Waals surface area contributed by atoms with Crippen LogP contribution in [0, 0.1) is 12.8 Å². The van der Waals surface area contributed by atoms with Crippen molar-refractivity contribution in [2.75, 3.05) is 6.54 Å². The molecule has 5 heteroatoms. The molecule has 1 atom stereocenters. The highest BCUT2D eigenvalue weighted by Gasteiger charge is 2.31. The Balaban J connectivity index is 1.47. The van der Waals surface area contributed by atoms with Gasteiger partial charge >= 0.3 is 0 Å². The molecule has 0 radical (unpaired) electrons. The van der Waals surface area contributed by atoms with Crippen LogP contribution in [0.15, 0.2) is 53.7 Å². The van der Waals surface area contributed by atoms with Gasteiger partial charge in [-0.3, -0.25) is 4.79 Å². The van der Waals surface area contributed by atoms with E-state index in [0.717, 1.165) is 48.9 Å². The fraction of sp³-hybridized carbons (Fsp3) is 0.417. The van der Waals surface area contributed by atoms with Crippen molar-refractivity contribution in [3.8, 4) is 0 Å². The topological polar surface area (TPSA) is 41.9 Å². The molecule has 2 aromatic carbocycles. The lowest BCUT2D eigenvalue weighted by atomic mass is 9.99. The van der Waals surface area contributed by atoms with Gasteiger partial charge in [0.05, 0.1) is 12.3 Å². The molecule has 1 amide bonds. The molecule has 4 rings (SSSR count). The molecule has 1 fully saturated rings. The monoisotopic (exact) mass is 410 g/mol. The summed E-state index contributed by atoms with van der Waals surface area (Å²) in [4.78, 5) is 20.9. The Hall–Kier alpha value is -2.33. The van der Waals surface area contributed by atoms with Crippen LogP contribution in [-0.2, 0) is 16.2 Å². The van der Waals surface area contributed by atoms with Crippen molar-refractivity contribution in [3.63, 3.8) is 0 Å². The third-order valence-electron chi connectivity index (χ3n) is 5.89. The van der Waals surface area contributed by atoms with Gasteiger partial charge in [-0.1, -0.05) is 66.0 Å². The van der Waals surface area contributed by atoms with E-state index < -0.39 is 0 Å². The van der Waals surface area contributed by atoms with E-state index in [9.17, 15) is 4.79 Å². The number of carbonyl (C=O) groups excluding carboxylic acids is 1. The first-order valence-electron chi connectivity index (χ1n) is 10.4. The summed E-state index contributed by atoms with van der Waals surface area (Å²) in [6.45, 7) is 3.18. The quantitative estimate of drug-likeness (QED) is 0.643. The molecular weight excluding hydrogens is 384 g/mol. The van der Waals surface area contributed by atoms with Crippen LogP contribution in [0.5, 0.6) is 0 Å². The zero-order valence-corrected chi connectivity index (χ0v) is 17.6. The molecule has 2 aliphatic rings. The van der Waals surface area contributed by atoms with Crippen LogP contribution in [0.3, 0.4) is 0 Å². The fourth-order valence-corrected chi connectivity index (χ4v) is 4.56. The van der Waals surface area contributed by atoms with Crippen LogP contribution in [0.2, 0.25) is 5.02 Å². The first-order chi connectivity index (χ1) is 14.1. The molecule has 0 N–H and O–H groups in total.